The molecular formula is C55H70F6IrNO2S-. The summed E-state index contributed by atoms with van der Waals surface area (Å²) in [6, 6.07) is 17.1. The van der Waals surface area contributed by atoms with E-state index in [1.54, 1.807) is 6.92 Å². The van der Waals surface area contributed by atoms with Crippen molar-refractivity contribution in [1.82, 2.24) is 4.98 Å². The number of nitrogens with zero attached hydrogens (tertiary/aromatic N) is 1. The summed E-state index contributed by atoms with van der Waals surface area (Å²) in [7, 11) is 0. The molecule has 2 heterocycles. The SMILES string of the molecule is CC(C)C(C(=O)/C=C(\O)C(C(C)C)C(C)C)C(C)C.Cc1cc(CC(C)(C)C)cc(C)c1-c1sc2c(-c3[c-]c4ccccc4c(C(C)(C)C)c3)ncc(C(C(F)(F)F)C(F)(F)F)c2c1C.[Ir]. The van der Waals surface area contributed by atoms with Crippen LogP contribution in [-0.4, -0.2) is 28.2 Å². The number of hydrogen-bond donors (Lipinski definition) is 1. The summed E-state index contributed by atoms with van der Waals surface area (Å²) in [6.45, 7) is 34.7. The standard InChI is InChI=1S/C38H38F6NS.C17H32O2.Ir/c1-20-14-23(18-35(4,5)6)15-21(2)29(20)32-22(3)30-27(34(37(39,40)41)38(42,43)44)19-45-31(33(30)46-32)25-16-24-12-10-11-13-26(24)28(17-25)36(7,8)9;1-10(2)16(11(3)4)14(18)9-15(19)17(12(5)6)13(7)8;/h10-15,17,19,34H,18H2,1-9H3;9-13,16-18H,1-8H3;/q-1;;/b;14-9-;. The Kier molecular flexibility index (Phi) is 18.4. The molecule has 1 N–H and O–H groups in total. The number of rotatable bonds is 11. The minimum absolute atomic E-state index is 0. The zero-order valence-corrected chi connectivity index (χ0v) is 45.0. The van der Waals surface area contributed by atoms with E-state index in [1.807, 2.05) is 44.2 Å². The number of aryl methyl sites for hydroxylation is 3. The van der Waals surface area contributed by atoms with E-state index in [0.29, 0.717) is 45.4 Å². The fourth-order valence-electron chi connectivity index (χ4n) is 9.79. The van der Waals surface area contributed by atoms with Crippen molar-refractivity contribution < 1.29 is 56.3 Å². The first-order valence-electron chi connectivity index (χ1n) is 22.7. The summed E-state index contributed by atoms with van der Waals surface area (Å²) in [4.78, 5) is 17.4. The first kappa shape index (κ1) is 56.8. The van der Waals surface area contributed by atoms with E-state index in [2.05, 4.69) is 120 Å². The molecule has 365 valence electrons. The van der Waals surface area contributed by atoms with Crippen LogP contribution in [0, 0.1) is 67.8 Å². The predicted molar refractivity (Wildman–Crippen MR) is 260 cm³/mol. The number of ketones is 1. The van der Waals surface area contributed by atoms with Crippen molar-refractivity contribution in [2.45, 2.75) is 148 Å². The zero-order valence-electron chi connectivity index (χ0n) is 41.8. The Labute approximate surface area is 407 Å². The topological polar surface area (TPSA) is 50.2 Å². The van der Waals surface area contributed by atoms with Gasteiger partial charge in [0.2, 0.25) is 0 Å². The van der Waals surface area contributed by atoms with E-state index in [1.165, 1.54) is 17.4 Å². The van der Waals surface area contributed by atoms with E-state index >= 15 is 0 Å². The molecule has 5 aromatic rings. The van der Waals surface area contributed by atoms with E-state index in [9.17, 15) is 36.2 Å². The van der Waals surface area contributed by atoms with Gasteiger partial charge in [-0.25, -0.2) is 0 Å². The van der Waals surface area contributed by atoms with Gasteiger partial charge in [-0.15, -0.1) is 40.5 Å². The Morgan fingerprint density at radius 2 is 1.27 bits per heavy atom. The third-order valence-electron chi connectivity index (χ3n) is 12.2. The van der Waals surface area contributed by atoms with E-state index in [4.69, 9.17) is 0 Å². The number of pyridine rings is 1. The van der Waals surface area contributed by atoms with Gasteiger partial charge in [-0.2, -0.15) is 26.3 Å². The van der Waals surface area contributed by atoms with Gasteiger partial charge in [-0.1, -0.05) is 138 Å². The van der Waals surface area contributed by atoms with Gasteiger partial charge in [0.1, 0.15) is 0 Å². The van der Waals surface area contributed by atoms with Crippen LogP contribution in [0.1, 0.15) is 136 Å². The molecule has 0 aliphatic heterocycles. The summed E-state index contributed by atoms with van der Waals surface area (Å²) >= 11 is 1.20. The number of allylic oxidation sites excluding steroid dienone is 2. The number of aliphatic hydroxyl groups excluding tert-OH is 1. The number of aromatic nitrogens is 1. The second kappa shape index (κ2) is 21.4. The molecule has 3 aromatic carbocycles. The van der Waals surface area contributed by atoms with Crippen LogP contribution in [0.4, 0.5) is 26.3 Å². The van der Waals surface area contributed by atoms with Gasteiger partial charge in [0.25, 0.3) is 0 Å². The molecule has 0 saturated heterocycles. The van der Waals surface area contributed by atoms with Crippen LogP contribution in [-0.2, 0) is 36.7 Å². The summed E-state index contributed by atoms with van der Waals surface area (Å²) in [5.41, 5.74) is 4.84. The molecule has 11 heteroatoms. The van der Waals surface area contributed by atoms with Crippen LogP contribution < -0.4 is 0 Å². The molecule has 3 nitrogen and oxygen atoms in total. The second-order valence-electron chi connectivity index (χ2n) is 21.6. The molecule has 0 spiro atoms. The third kappa shape index (κ3) is 13.2. The first-order chi connectivity index (χ1) is 29.7. The number of benzene rings is 3. The average molecular weight is 1120 g/mol. The second-order valence-corrected chi connectivity index (χ2v) is 22.6. The van der Waals surface area contributed by atoms with E-state index < -0.39 is 23.8 Å². The third-order valence-corrected chi connectivity index (χ3v) is 13.5. The number of alkyl halides is 6. The summed E-state index contributed by atoms with van der Waals surface area (Å²) in [6.07, 6.45) is -8.03. The molecule has 0 bridgehead atoms. The molecule has 0 saturated carbocycles. The minimum Gasteiger partial charge on any atom is -0.512 e. The summed E-state index contributed by atoms with van der Waals surface area (Å²) in [5.74, 6) is -2.05. The Morgan fingerprint density at radius 3 is 1.73 bits per heavy atom. The predicted octanol–water partition coefficient (Wildman–Crippen LogP) is 17.5. The molecule has 0 unspecified atom stereocenters. The maximum Gasteiger partial charge on any atom is 0.404 e. The molecule has 5 rings (SSSR count). The fraction of sp³-hybridized carbons (Fsp3) is 0.527. The largest absolute Gasteiger partial charge is 0.512 e. The molecule has 0 fully saturated rings. The van der Waals surface area contributed by atoms with Crippen LogP contribution in [0.3, 0.4) is 0 Å². The van der Waals surface area contributed by atoms with Gasteiger partial charge < -0.3 is 5.11 Å². The fourth-order valence-corrected chi connectivity index (χ4v) is 11.3. The van der Waals surface area contributed by atoms with Crippen LogP contribution in [0.25, 0.3) is 42.6 Å². The van der Waals surface area contributed by atoms with Crippen molar-refractivity contribution in [2.75, 3.05) is 0 Å². The zero-order chi connectivity index (χ0) is 49.5. The Hall–Kier alpha value is -3.53. The van der Waals surface area contributed by atoms with Gasteiger partial charge >= 0.3 is 12.4 Å². The van der Waals surface area contributed by atoms with E-state index in [-0.39, 0.29) is 64.4 Å². The van der Waals surface area contributed by atoms with E-state index in [0.717, 1.165) is 51.2 Å². The van der Waals surface area contributed by atoms with Gasteiger partial charge in [-0.05, 0) is 100 Å². The average Bonchev–Trinajstić information content (AvgIpc) is 3.44. The maximum atomic E-state index is 14.2. The molecule has 1 radical (unpaired) electrons. The number of thiophene rings is 1. The normalized spacial score (nSPS) is 13.3. The number of carbonyl (C=O) groups is 1. The first-order valence-corrected chi connectivity index (χ1v) is 23.5. The van der Waals surface area contributed by atoms with Crippen molar-refractivity contribution in [1.29, 1.82) is 0 Å². The number of fused-ring (bicyclic) bond motifs is 2. The van der Waals surface area contributed by atoms with Crippen molar-refractivity contribution >= 4 is 38.0 Å². The summed E-state index contributed by atoms with van der Waals surface area (Å²) in [5, 5.41) is 12.0. The van der Waals surface area contributed by atoms with Crippen molar-refractivity contribution in [3.63, 3.8) is 0 Å². The number of hydrogen-bond acceptors (Lipinski definition) is 4. The number of halogens is 6. The molecule has 66 heavy (non-hydrogen) atoms. The maximum absolute atomic E-state index is 14.2. The Bertz CT molecular complexity index is 2460. The van der Waals surface area contributed by atoms with Gasteiger partial charge in [0.15, 0.2) is 11.7 Å². The Balaban J connectivity index is 0.000000490. The van der Waals surface area contributed by atoms with Crippen molar-refractivity contribution in [2.24, 2.45) is 40.9 Å². The summed E-state index contributed by atoms with van der Waals surface area (Å²) < 4.78 is 85.7. The van der Waals surface area contributed by atoms with Gasteiger partial charge in [0, 0.05) is 59.5 Å². The molecule has 0 aliphatic carbocycles. The van der Waals surface area contributed by atoms with Crippen molar-refractivity contribution in [3.8, 4) is 21.7 Å². The number of carbonyl (C=O) groups excluding carboxylic acids is 1. The van der Waals surface area contributed by atoms with Gasteiger partial charge in [-0.3, -0.25) is 9.78 Å². The Morgan fingerprint density at radius 1 is 0.773 bits per heavy atom. The quantitative estimate of drug-likeness (QED) is 0.0621. The molecule has 0 amide bonds. The minimum atomic E-state index is -5.56. The molecule has 2 aromatic heterocycles. The smallest absolute Gasteiger partial charge is 0.404 e. The molecule has 0 atom stereocenters. The van der Waals surface area contributed by atoms with Crippen LogP contribution >= 0.6 is 11.3 Å². The number of aliphatic hydroxyl groups is 1. The van der Waals surface area contributed by atoms with Crippen molar-refractivity contribution in [3.05, 3.63) is 99.9 Å². The van der Waals surface area contributed by atoms with Crippen LogP contribution in [0.2, 0.25) is 0 Å². The molecule has 0 aliphatic rings. The van der Waals surface area contributed by atoms with Crippen LogP contribution in [0.5, 0.6) is 0 Å². The monoisotopic (exact) mass is 1120 g/mol. The molecular weight excluding hydrogens is 1040 g/mol. The van der Waals surface area contributed by atoms with Gasteiger partial charge in [0.05, 0.1) is 5.76 Å². The van der Waals surface area contributed by atoms with Crippen LogP contribution in [0.15, 0.2) is 60.5 Å².